The van der Waals surface area contributed by atoms with Crippen LogP contribution in [0.5, 0.6) is 5.88 Å². The summed E-state index contributed by atoms with van der Waals surface area (Å²) >= 11 is 10.0. The summed E-state index contributed by atoms with van der Waals surface area (Å²) in [7, 11) is 1.68. The van der Waals surface area contributed by atoms with E-state index in [1.807, 2.05) is 56.0 Å². The van der Waals surface area contributed by atoms with E-state index < -0.39 is 5.60 Å². The van der Waals surface area contributed by atoms with E-state index >= 15 is 0 Å². The highest BCUT2D eigenvalue weighted by molar-refractivity contribution is 9.10. The highest BCUT2D eigenvalue weighted by atomic mass is 79.9. The second-order valence-corrected chi connectivity index (χ2v) is 13.8. The van der Waals surface area contributed by atoms with Gasteiger partial charge >= 0.3 is 6.09 Å². The van der Waals surface area contributed by atoms with Crippen LogP contribution in [0, 0.1) is 11.3 Å². The molecule has 1 saturated heterocycles. The summed E-state index contributed by atoms with van der Waals surface area (Å²) in [5.41, 5.74) is 3.45. The smallest absolute Gasteiger partial charge is 0.410 e. The van der Waals surface area contributed by atoms with Crippen LogP contribution >= 0.6 is 27.5 Å². The Kier molecular flexibility index (Phi) is 8.86. The monoisotopic (exact) mass is 648 g/mol. The number of methoxy groups -OCH3 is 1. The second kappa shape index (κ2) is 12.3. The molecule has 0 N–H and O–H groups in total. The average Bonchev–Trinajstić information content (AvgIpc) is 2.94. The summed E-state index contributed by atoms with van der Waals surface area (Å²) in [4.78, 5) is 20.1. The molecule has 4 aromatic rings. The Morgan fingerprint density at radius 3 is 2.48 bits per heavy atom. The van der Waals surface area contributed by atoms with Crippen LogP contribution in [0.4, 0.5) is 4.79 Å². The van der Waals surface area contributed by atoms with Crippen molar-refractivity contribution in [2.24, 2.45) is 11.3 Å². The zero-order valence-corrected chi connectivity index (χ0v) is 27.2. The molecule has 2 heterocycles. The van der Waals surface area contributed by atoms with Crippen molar-refractivity contribution in [3.63, 3.8) is 0 Å². The van der Waals surface area contributed by atoms with Crippen LogP contribution in [0.15, 0.2) is 83.3 Å². The Bertz CT molecular complexity index is 1550. The van der Waals surface area contributed by atoms with Gasteiger partial charge in [-0.25, -0.2) is 9.78 Å². The minimum absolute atomic E-state index is 0.0740. The topological polar surface area (TPSA) is 51.7 Å². The van der Waals surface area contributed by atoms with Gasteiger partial charge in [0.15, 0.2) is 0 Å². The molecule has 0 spiro atoms. The molecule has 42 heavy (non-hydrogen) atoms. The number of aromatic nitrogens is 1. The molecule has 0 saturated carbocycles. The summed E-state index contributed by atoms with van der Waals surface area (Å²) in [6.45, 7) is 9.27. The van der Waals surface area contributed by atoms with Gasteiger partial charge in [0.1, 0.15) is 5.60 Å². The van der Waals surface area contributed by atoms with Crippen molar-refractivity contribution in [2.75, 3.05) is 20.2 Å². The molecule has 3 aromatic carbocycles. The molecule has 1 aliphatic heterocycles. The lowest BCUT2D eigenvalue weighted by molar-refractivity contribution is -0.00937. The van der Waals surface area contributed by atoms with E-state index in [-0.39, 0.29) is 23.3 Å². The molecule has 1 aliphatic rings. The van der Waals surface area contributed by atoms with Crippen molar-refractivity contribution >= 4 is 44.5 Å². The Morgan fingerprint density at radius 1 is 1.10 bits per heavy atom. The van der Waals surface area contributed by atoms with Crippen molar-refractivity contribution in [3.05, 3.63) is 105 Å². The van der Waals surface area contributed by atoms with Crippen molar-refractivity contribution in [1.82, 2.24) is 9.88 Å². The van der Waals surface area contributed by atoms with E-state index in [1.54, 1.807) is 7.11 Å². The molecular formula is C35H38BrClN2O3. The third-order valence-electron chi connectivity index (χ3n) is 8.41. The normalized spacial score (nSPS) is 19.9. The largest absolute Gasteiger partial charge is 0.481 e. The number of hydrogen-bond acceptors (Lipinski definition) is 4. The van der Waals surface area contributed by atoms with Crippen molar-refractivity contribution in [2.45, 2.75) is 52.1 Å². The molecule has 5 nitrogen and oxygen atoms in total. The molecular weight excluding hydrogens is 612 g/mol. The van der Waals surface area contributed by atoms with Gasteiger partial charge in [0.25, 0.3) is 0 Å². The van der Waals surface area contributed by atoms with Crippen LogP contribution in [0.3, 0.4) is 0 Å². The van der Waals surface area contributed by atoms with E-state index in [4.69, 9.17) is 26.1 Å². The number of carbonyl (C=O) groups is 1. The number of amides is 1. The molecule has 1 aromatic heterocycles. The number of halogens is 2. The molecule has 3 unspecified atom stereocenters. The molecule has 3 atom stereocenters. The number of pyridine rings is 1. The third kappa shape index (κ3) is 6.60. The maximum atomic E-state index is 13.3. The molecule has 0 bridgehead atoms. The van der Waals surface area contributed by atoms with E-state index in [1.165, 1.54) is 5.56 Å². The van der Waals surface area contributed by atoms with Gasteiger partial charge in [-0.3, -0.25) is 0 Å². The summed E-state index contributed by atoms with van der Waals surface area (Å²) in [6.07, 6.45) is 1.33. The number of hydrogen-bond donors (Lipinski definition) is 0. The summed E-state index contributed by atoms with van der Waals surface area (Å²) in [5, 5.41) is 1.73. The van der Waals surface area contributed by atoms with Crippen molar-refractivity contribution < 1.29 is 14.3 Å². The number of carbonyl (C=O) groups excluding carboxylic acids is 1. The fourth-order valence-electron chi connectivity index (χ4n) is 6.30. The number of likely N-dealkylation sites (tertiary alicyclic amines) is 1. The van der Waals surface area contributed by atoms with Gasteiger partial charge < -0.3 is 14.4 Å². The van der Waals surface area contributed by atoms with E-state index in [0.29, 0.717) is 24.0 Å². The van der Waals surface area contributed by atoms with Crippen molar-refractivity contribution in [1.29, 1.82) is 0 Å². The highest BCUT2D eigenvalue weighted by Crippen LogP contribution is 2.54. The van der Waals surface area contributed by atoms with Crippen molar-refractivity contribution in [3.8, 4) is 5.88 Å². The first-order valence-corrected chi connectivity index (χ1v) is 15.6. The van der Waals surface area contributed by atoms with Gasteiger partial charge in [-0.1, -0.05) is 76.9 Å². The number of ether oxygens (including phenoxy) is 2. The minimum Gasteiger partial charge on any atom is -0.481 e. The number of benzene rings is 3. The average molecular weight is 650 g/mol. The molecule has 0 aliphatic carbocycles. The van der Waals surface area contributed by atoms with Crippen LogP contribution in [-0.2, 0) is 11.2 Å². The number of rotatable bonds is 6. The first-order chi connectivity index (χ1) is 20.0. The molecule has 0 radical (unpaired) electrons. The quantitative estimate of drug-likeness (QED) is 0.209. The van der Waals surface area contributed by atoms with Crippen LogP contribution < -0.4 is 4.74 Å². The fourth-order valence-corrected chi connectivity index (χ4v) is 6.81. The standard InChI is InChI=1S/C35H38BrClN2O3/c1-34(2,3)42-33(40)39-18-17-35(4,26(22-39)19-23-9-7-6-8-10-23)31(24-11-14-28(37)15-12-24)29-21-25-20-27(36)13-16-30(25)38-32(29)41-5/h6-16,20-21,26,31H,17-19,22H2,1-5H3. The van der Waals surface area contributed by atoms with Crippen LogP contribution in [0.25, 0.3) is 10.9 Å². The summed E-state index contributed by atoms with van der Waals surface area (Å²) in [5.74, 6) is 0.652. The molecule has 1 amide bonds. The maximum Gasteiger partial charge on any atom is 0.410 e. The Hall–Kier alpha value is -3.09. The number of nitrogens with zero attached hydrogens (tertiary/aromatic N) is 2. The predicted octanol–water partition coefficient (Wildman–Crippen LogP) is 9.30. The fraction of sp³-hybridized carbons (Fsp3) is 0.371. The zero-order chi connectivity index (χ0) is 30.1. The summed E-state index contributed by atoms with van der Waals surface area (Å²) in [6, 6.07) is 27.0. The van der Waals surface area contributed by atoms with E-state index in [0.717, 1.165) is 39.3 Å². The molecule has 5 rings (SSSR count). The highest BCUT2D eigenvalue weighted by Gasteiger charge is 2.48. The van der Waals surface area contributed by atoms with Crippen LogP contribution in [0.1, 0.15) is 56.7 Å². The SMILES string of the molecule is COc1nc2ccc(Br)cc2cc1C(c1ccc(Cl)cc1)C1(C)CCN(C(=O)OC(C)(C)C)CC1Cc1ccccc1. The number of fused-ring (bicyclic) bond motifs is 1. The lowest BCUT2D eigenvalue weighted by atomic mass is 9.58. The maximum absolute atomic E-state index is 13.3. The number of piperidine rings is 1. The Labute approximate surface area is 262 Å². The van der Waals surface area contributed by atoms with E-state index in [9.17, 15) is 4.79 Å². The van der Waals surface area contributed by atoms with Gasteiger partial charge in [-0.2, -0.15) is 0 Å². The molecule has 7 heteroatoms. The first-order valence-electron chi connectivity index (χ1n) is 14.4. The lowest BCUT2D eigenvalue weighted by Gasteiger charge is -2.50. The summed E-state index contributed by atoms with van der Waals surface area (Å²) < 4.78 is 12.8. The van der Waals surface area contributed by atoms with Crippen LogP contribution in [-0.4, -0.2) is 41.8 Å². The minimum atomic E-state index is -0.559. The van der Waals surface area contributed by atoms with Gasteiger partial charge in [-0.15, -0.1) is 0 Å². The molecule has 220 valence electrons. The Morgan fingerprint density at radius 2 is 1.81 bits per heavy atom. The zero-order valence-electron chi connectivity index (χ0n) is 24.9. The first kappa shape index (κ1) is 30.4. The van der Waals surface area contributed by atoms with Gasteiger partial charge in [0.2, 0.25) is 5.88 Å². The van der Waals surface area contributed by atoms with Gasteiger partial charge in [0, 0.05) is 39.5 Å². The Balaban J connectivity index is 1.66. The third-order valence-corrected chi connectivity index (χ3v) is 9.15. The van der Waals surface area contributed by atoms with Crippen LogP contribution in [0.2, 0.25) is 5.02 Å². The lowest BCUT2D eigenvalue weighted by Crippen LogP contribution is -2.52. The van der Waals surface area contributed by atoms with E-state index in [2.05, 4.69) is 71.4 Å². The second-order valence-electron chi connectivity index (χ2n) is 12.5. The van der Waals surface area contributed by atoms with Gasteiger partial charge in [0.05, 0.1) is 12.6 Å². The van der Waals surface area contributed by atoms with Gasteiger partial charge in [-0.05, 0) is 92.5 Å². The predicted molar refractivity (Wildman–Crippen MR) is 173 cm³/mol. The molecule has 1 fully saturated rings.